The second-order valence-corrected chi connectivity index (χ2v) is 4.25. The van der Waals surface area contributed by atoms with E-state index in [0.717, 1.165) is 16.7 Å². The molecule has 74 valence electrons. The predicted octanol–water partition coefficient (Wildman–Crippen LogP) is 2.30. The molecule has 15 heavy (non-hydrogen) atoms. The van der Waals surface area contributed by atoms with E-state index in [1.807, 2.05) is 11.4 Å². The van der Waals surface area contributed by atoms with Gasteiger partial charge in [-0.1, -0.05) is 0 Å². The lowest BCUT2D eigenvalue weighted by Crippen LogP contribution is -2.04. The molecule has 0 aliphatic carbocycles. The first-order chi connectivity index (χ1) is 7.33. The molecule has 3 rings (SSSR count). The maximum absolute atomic E-state index is 11.1. The summed E-state index contributed by atoms with van der Waals surface area (Å²) in [6, 6.07) is 4.08. The largest absolute Gasteiger partial charge is 0.310 e. The lowest BCUT2D eigenvalue weighted by molar-refractivity contribution is -0.115. The minimum atomic E-state index is 0.0277. The van der Waals surface area contributed by atoms with Gasteiger partial charge in [0.05, 0.1) is 6.42 Å². The van der Waals surface area contributed by atoms with Crippen LogP contribution in [0.5, 0.6) is 0 Å². The van der Waals surface area contributed by atoms with Gasteiger partial charge < -0.3 is 5.32 Å². The average molecular weight is 216 g/mol. The van der Waals surface area contributed by atoms with Crippen molar-refractivity contribution in [2.24, 2.45) is 0 Å². The van der Waals surface area contributed by atoms with Gasteiger partial charge in [0.25, 0.3) is 0 Å². The van der Waals surface area contributed by atoms with Crippen LogP contribution >= 0.6 is 11.3 Å². The number of carbonyl (C=O) groups is 1. The van der Waals surface area contributed by atoms with Crippen molar-refractivity contribution in [3.63, 3.8) is 0 Å². The van der Waals surface area contributed by atoms with Crippen LogP contribution < -0.4 is 5.32 Å². The van der Waals surface area contributed by atoms with Crippen molar-refractivity contribution >= 4 is 23.1 Å². The Bertz CT molecular complexity index is 519. The van der Waals surface area contributed by atoms with E-state index < -0.39 is 0 Å². The van der Waals surface area contributed by atoms with Crippen LogP contribution in [0.15, 0.2) is 29.1 Å². The quantitative estimate of drug-likeness (QED) is 0.794. The highest BCUT2D eigenvalue weighted by molar-refractivity contribution is 7.08. The zero-order valence-corrected chi connectivity index (χ0v) is 8.67. The molecule has 3 nitrogen and oxygen atoms in total. The van der Waals surface area contributed by atoms with Crippen molar-refractivity contribution in [2.75, 3.05) is 5.32 Å². The SMILES string of the molecule is O=C1Cc2cc(-c3ccsc3)cnc2N1. The first-order valence-corrected chi connectivity index (χ1v) is 5.58. The van der Waals surface area contributed by atoms with Crippen LogP contribution in [0.4, 0.5) is 5.82 Å². The van der Waals surface area contributed by atoms with Crippen LogP contribution in [0.2, 0.25) is 0 Å². The molecule has 1 N–H and O–H groups in total. The number of aromatic nitrogens is 1. The number of nitrogens with zero attached hydrogens (tertiary/aromatic N) is 1. The van der Waals surface area contributed by atoms with E-state index >= 15 is 0 Å². The molecule has 1 aliphatic rings. The molecule has 2 aromatic rings. The smallest absolute Gasteiger partial charge is 0.230 e. The molecule has 1 aliphatic heterocycles. The van der Waals surface area contributed by atoms with Gasteiger partial charge in [-0.25, -0.2) is 4.98 Å². The maximum Gasteiger partial charge on any atom is 0.230 e. The average Bonchev–Trinajstić information content (AvgIpc) is 2.82. The third-order valence-electron chi connectivity index (χ3n) is 2.43. The van der Waals surface area contributed by atoms with Crippen LogP contribution in [0, 0.1) is 0 Å². The predicted molar refractivity (Wildman–Crippen MR) is 59.9 cm³/mol. The van der Waals surface area contributed by atoms with E-state index in [4.69, 9.17) is 0 Å². The molecule has 0 fully saturated rings. The van der Waals surface area contributed by atoms with Crippen molar-refractivity contribution in [2.45, 2.75) is 6.42 Å². The highest BCUT2D eigenvalue weighted by Gasteiger charge is 2.19. The summed E-state index contributed by atoms with van der Waals surface area (Å²) in [5.41, 5.74) is 3.23. The fourth-order valence-electron chi connectivity index (χ4n) is 1.69. The van der Waals surface area contributed by atoms with Gasteiger partial charge in [0.2, 0.25) is 5.91 Å². The molecule has 0 radical (unpaired) electrons. The van der Waals surface area contributed by atoms with Gasteiger partial charge in [0, 0.05) is 17.3 Å². The zero-order valence-electron chi connectivity index (χ0n) is 7.86. The number of carbonyl (C=O) groups excluding carboxylic acids is 1. The minimum absolute atomic E-state index is 0.0277. The minimum Gasteiger partial charge on any atom is -0.310 e. The standard InChI is InChI=1S/C11H8N2OS/c14-10-4-8-3-9(5-12-11(8)13-10)7-1-2-15-6-7/h1-3,5-6H,4H2,(H,12,13,14). The number of amides is 1. The Hall–Kier alpha value is -1.68. The molecular weight excluding hydrogens is 208 g/mol. The van der Waals surface area contributed by atoms with Crippen molar-refractivity contribution in [1.29, 1.82) is 0 Å². The molecule has 0 aromatic carbocycles. The van der Waals surface area contributed by atoms with Crippen LogP contribution in [0.25, 0.3) is 11.1 Å². The van der Waals surface area contributed by atoms with Crippen molar-refractivity contribution in [3.05, 3.63) is 34.7 Å². The molecule has 0 saturated heterocycles. The van der Waals surface area contributed by atoms with Gasteiger partial charge in [0.1, 0.15) is 5.82 Å². The Balaban J connectivity index is 2.07. The number of thiophene rings is 1. The molecule has 0 unspecified atom stereocenters. The molecular formula is C11H8N2OS. The summed E-state index contributed by atoms with van der Waals surface area (Å²) in [6.07, 6.45) is 2.24. The molecule has 0 saturated carbocycles. The monoisotopic (exact) mass is 216 g/mol. The lowest BCUT2D eigenvalue weighted by atomic mass is 10.1. The maximum atomic E-state index is 11.1. The van der Waals surface area contributed by atoms with Gasteiger partial charge in [0.15, 0.2) is 0 Å². The van der Waals surface area contributed by atoms with E-state index in [1.54, 1.807) is 17.5 Å². The highest BCUT2D eigenvalue weighted by atomic mass is 32.1. The normalized spacial score (nSPS) is 13.7. The highest BCUT2D eigenvalue weighted by Crippen LogP contribution is 2.27. The molecule has 0 spiro atoms. The van der Waals surface area contributed by atoms with Crippen molar-refractivity contribution in [3.8, 4) is 11.1 Å². The number of rotatable bonds is 1. The summed E-state index contributed by atoms with van der Waals surface area (Å²) in [7, 11) is 0. The van der Waals surface area contributed by atoms with Gasteiger partial charge in [-0.2, -0.15) is 11.3 Å². The fraction of sp³-hybridized carbons (Fsp3) is 0.0909. The Morgan fingerprint density at radius 3 is 3.13 bits per heavy atom. The van der Waals surface area contributed by atoms with Gasteiger partial charge in [-0.05, 0) is 28.5 Å². The summed E-state index contributed by atoms with van der Waals surface area (Å²) < 4.78 is 0. The molecule has 0 bridgehead atoms. The zero-order chi connectivity index (χ0) is 10.3. The molecule has 2 aromatic heterocycles. The van der Waals surface area contributed by atoms with Crippen LogP contribution in [0.1, 0.15) is 5.56 Å². The summed E-state index contributed by atoms with van der Waals surface area (Å²) in [5, 5.41) is 6.83. The summed E-state index contributed by atoms with van der Waals surface area (Å²) in [6.45, 7) is 0. The summed E-state index contributed by atoms with van der Waals surface area (Å²) in [4.78, 5) is 15.4. The topological polar surface area (TPSA) is 42.0 Å². The molecule has 4 heteroatoms. The van der Waals surface area contributed by atoms with Crippen LogP contribution in [-0.2, 0) is 11.2 Å². The molecule has 3 heterocycles. The lowest BCUT2D eigenvalue weighted by Gasteiger charge is -2.00. The first-order valence-electron chi connectivity index (χ1n) is 4.64. The van der Waals surface area contributed by atoms with E-state index in [9.17, 15) is 4.79 Å². The van der Waals surface area contributed by atoms with Gasteiger partial charge in [-0.3, -0.25) is 4.79 Å². The molecule has 1 amide bonds. The Kier molecular flexibility index (Phi) is 1.82. The second-order valence-electron chi connectivity index (χ2n) is 3.47. The fourth-order valence-corrected chi connectivity index (χ4v) is 2.36. The number of hydrogen-bond donors (Lipinski definition) is 1. The Labute approximate surface area is 90.8 Å². The third-order valence-corrected chi connectivity index (χ3v) is 3.11. The van der Waals surface area contributed by atoms with E-state index in [2.05, 4.69) is 21.7 Å². The van der Waals surface area contributed by atoms with E-state index in [0.29, 0.717) is 12.2 Å². The van der Waals surface area contributed by atoms with Crippen LogP contribution in [0.3, 0.4) is 0 Å². The first kappa shape index (κ1) is 8.61. The summed E-state index contributed by atoms with van der Waals surface area (Å²) >= 11 is 1.66. The third kappa shape index (κ3) is 1.43. The number of nitrogens with one attached hydrogen (secondary N) is 1. The van der Waals surface area contributed by atoms with E-state index in [1.165, 1.54) is 0 Å². The van der Waals surface area contributed by atoms with Gasteiger partial charge in [-0.15, -0.1) is 0 Å². The van der Waals surface area contributed by atoms with Crippen molar-refractivity contribution in [1.82, 2.24) is 4.98 Å². The number of anilines is 1. The van der Waals surface area contributed by atoms with E-state index in [-0.39, 0.29) is 5.91 Å². The number of fused-ring (bicyclic) bond motifs is 1. The number of pyridine rings is 1. The second kappa shape index (κ2) is 3.17. The Morgan fingerprint density at radius 2 is 2.33 bits per heavy atom. The number of hydrogen-bond acceptors (Lipinski definition) is 3. The Morgan fingerprint density at radius 1 is 1.40 bits per heavy atom. The molecule has 0 atom stereocenters. The van der Waals surface area contributed by atoms with Crippen molar-refractivity contribution < 1.29 is 4.79 Å². The summed E-state index contributed by atoms with van der Waals surface area (Å²) in [5.74, 6) is 0.735. The van der Waals surface area contributed by atoms with Crippen LogP contribution in [-0.4, -0.2) is 10.9 Å². The van der Waals surface area contributed by atoms with Gasteiger partial charge >= 0.3 is 0 Å².